The number of hydrogen-bond acceptors (Lipinski definition) is 5. The van der Waals surface area contributed by atoms with E-state index >= 15 is 0 Å². The van der Waals surface area contributed by atoms with Crippen molar-refractivity contribution in [2.45, 2.75) is 53.1 Å². The SMILES string of the molecule is CCC(C)(C)NC(=O)COC(=O)c1cc2c(C)nn(Cc3ccc(C)cc3)c2s1. The first-order valence-corrected chi connectivity index (χ1v) is 10.5. The smallest absolute Gasteiger partial charge is 0.348 e. The summed E-state index contributed by atoms with van der Waals surface area (Å²) in [6.45, 7) is 10.2. The highest BCUT2D eigenvalue weighted by molar-refractivity contribution is 7.20. The molecule has 0 radical (unpaired) electrons. The topological polar surface area (TPSA) is 73.2 Å². The third kappa shape index (κ3) is 5.03. The van der Waals surface area contributed by atoms with E-state index in [2.05, 4.69) is 41.6 Å². The van der Waals surface area contributed by atoms with E-state index in [-0.39, 0.29) is 18.1 Å². The van der Waals surface area contributed by atoms with Crippen LogP contribution in [0.25, 0.3) is 10.2 Å². The van der Waals surface area contributed by atoms with Crippen LogP contribution in [0, 0.1) is 13.8 Å². The van der Waals surface area contributed by atoms with Gasteiger partial charge < -0.3 is 10.1 Å². The molecule has 0 aliphatic rings. The van der Waals surface area contributed by atoms with E-state index in [0.717, 1.165) is 27.9 Å². The van der Waals surface area contributed by atoms with Gasteiger partial charge in [-0.05, 0) is 45.7 Å². The van der Waals surface area contributed by atoms with Crippen LogP contribution in [-0.2, 0) is 16.1 Å². The lowest BCUT2D eigenvalue weighted by molar-refractivity contribution is -0.125. The fourth-order valence-electron chi connectivity index (χ4n) is 2.89. The quantitative estimate of drug-likeness (QED) is 0.589. The van der Waals surface area contributed by atoms with Crippen LogP contribution in [0.4, 0.5) is 0 Å². The summed E-state index contributed by atoms with van der Waals surface area (Å²) in [6, 6.07) is 10.1. The van der Waals surface area contributed by atoms with Gasteiger partial charge in [-0.1, -0.05) is 36.8 Å². The maximum absolute atomic E-state index is 12.4. The number of nitrogens with zero attached hydrogens (tertiary/aromatic N) is 2. The van der Waals surface area contributed by atoms with Crippen molar-refractivity contribution in [1.82, 2.24) is 15.1 Å². The van der Waals surface area contributed by atoms with E-state index in [1.165, 1.54) is 16.9 Å². The van der Waals surface area contributed by atoms with Crippen molar-refractivity contribution in [3.8, 4) is 0 Å². The minimum absolute atomic E-state index is 0.287. The van der Waals surface area contributed by atoms with Gasteiger partial charge in [0.15, 0.2) is 6.61 Å². The minimum atomic E-state index is -0.489. The highest BCUT2D eigenvalue weighted by atomic mass is 32.1. The van der Waals surface area contributed by atoms with Crippen molar-refractivity contribution in [2.24, 2.45) is 0 Å². The van der Waals surface area contributed by atoms with E-state index in [1.54, 1.807) is 6.07 Å². The van der Waals surface area contributed by atoms with Gasteiger partial charge in [0, 0.05) is 10.9 Å². The van der Waals surface area contributed by atoms with Crippen LogP contribution < -0.4 is 5.32 Å². The molecule has 0 unspecified atom stereocenters. The van der Waals surface area contributed by atoms with Crippen molar-refractivity contribution in [1.29, 1.82) is 0 Å². The molecule has 0 atom stereocenters. The molecule has 0 bridgehead atoms. The first-order chi connectivity index (χ1) is 13.7. The Bertz CT molecular complexity index is 1030. The molecule has 3 rings (SSSR count). The first kappa shape index (κ1) is 21.0. The molecule has 2 heterocycles. The summed E-state index contributed by atoms with van der Waals surface area (Å²) in [5.41, 5.74) is 2.90. The predicted octanol–water partition coefficient (Wildman–Crippen LogP) is 4.22. The van der Waals surface area contributed by atoms with Crippen LogP contribution in [-0.4, -0.2) is 33.8 Å². The number of ether oxygens (including phenoxy) is 1. The number of fused-ring (bicyclic) bond motifs is 1. The molecule has 0 saturated carbocycles. The molecule has 0 saturated heterocycles. The van der Waals surface area contributed by atoms with Gasteiger partial charge in [-0.2, -0.15) is 5.10 Å². The molecule has 7 heteroatoms. The van der Waals surface area contributed by atoms with E-state index < -0.39 is 5.97 Å². The number of carbonyl (C=O) groups excluding carboxylic acids is 2. The molecule has 0 fully saturated rings. The van der Waals surface area contributed by atoms with Crippen molar-refractivity contribution in [3.63, 3.8) is 0 Å². The van der Waals surface area contributed by atoms with Crippen molar-refractivity contribution >= 4 is 33.4 Å². The Morgan fingerprint density at radius 1 is 1.21 bits per heavy atom. The van der Waals surface area contributed by atoms with Crippen LogP contribution in [0.5, 0.6) is 0 Å². The summed E-state index contributed by atoms with van der Waals surface area (Å²) in [6.07, 6.45) is 0.791. The largest absolute Gasteiger partial charge is 0.451 e. The van der Waals surface area contributed by atoms with E-state index in [4.69, 9.17) is 4.74 Å². The number of benzene rings is 1. The number of carbonyl (C=O) groups is 2. The summed E-state index contributed by atoms with van der Waals surface area (Å²) in [5.74, 6) is -0.787. The summed E-state index contributed by atoms with van der Waals surface area (Å²) < 4.78 is 7.13. The molecule has 0 aliphatic carbocycles. The molecule has 6 nitrogen and oxygen atoms in total. The monoisotopic (exact) mass is 413 g/mol. The third-order valence-electron chi connectivity index (χ3n) is 4.96. The predicted molar refractivity (Wildman–Crippen MR) is 115 cm³/mol. The second-order valence-electron chi connectivity index (χ2n) is 7.92. The third-order valence-corrected chi connectivity index (χ3v) is 6.09. The zero-order valence-corrected chi connectivity index (χ0v) is 18.4. The summed E-state index contributed by atoms with van der Waals surface area (Å²) >= 11 is 1.34. The van der Waals surface area contributed by atoms with E-state index in [0.29, 0.717) is 11.4 Å². The maximum atomic E-state index is 12.4. The number of thiophene rings is 1. The highest BCUT2D eigenvalue weighted by Crippen LogP contribution is 2.29. The zero-order valence-electron chi connectivity index (χ0n) is 17.5. The lowest BCUT2D eigenvalue weighted by atomic mass is 10.0. The Morgan fingerprint density at radius 2 is 1.90 bits per heavy atom. The normalized spacial score (nSPS) is 11.6. The second-order valence-corrected chi connectivity index (χ2v) is 8.95. The number of aromatic nitrogens is 2. The summed E-state index contributed by atoms with van der Waals surface area (Å²) in [4.78, 5) is 25.9. The summed E-state index contributed by atoms with van der Waals surface area (Å²) in [7, 11) is 0. The van der Waals surface area contributed by atoms with Crippen LogP contribution in [0.2, 0.25) is 0 Å². The molecular weight excluding hydrogens is 386 g/mol. The Morgan fingerprint density at radius 3 is 2.55 bits per heavy atom. The lowest BCUT2D eigenvalue weighted by Gasteiger charge is -2.24. The number of aryl methyl sites for hydroxylation is 2. The number of nitrogens with one attached hydrogen (secondary N) is 1. The standard InChI is InChI=1S/C22H27N3O3S/c1-6-22(4,5)23-19(26)13-28-21(27)18-11-17-15(3)24-25(20(17)29-18)12-16-9-7-14(2)8-10-16/h7-11H,6,12-13H2,1-5H3,(H,23,26). The average molecular weight is 414 g/mol. The lowest BCUT2D eigenvalue weighted by Crippen LogP contribution is -2.44. The minimum Gasteiger partial charge on any atom is -0.451 e. The van der Waals surface area contributed by atoms with Gasteiger partial charge in [0.1, 0.15) is 9.71 Å². The van der Waals surface area contributed by atoms with Gasteiger partial charge in [0.25, 0.3) is 5.91 Å². The molecule has 1 aromatic carbocycles. The molecule has 1 N–H and O–H groups in total. The van der Waals surface area contributed by atoms with Gasteiger partial charge in [-0.25, -0.2) is 4.79 Å². The van der Waals surface area contributed by atoms with Gasteiger partial charge >= 0.3 is 5.97 Å². The molecule has 3 aromatic rings. The molecule has 154 valence electrons. The fourth-order valence-corrected chi connectivity index (χ4v) is 3.95. The number of amides is 1. The maximum Gasteiger partial charge on any atom is 0.348 e. The Labute approximate surface area is 174 Å². The molecule has 1 amide bonds. The van der Waals surface area contributed by atoms with Crippen molar-refractivity contribution in [2.75, 3.05) is 6.61 Å². The Hall–Kier alpha value is -2.67. The average Bonchev–Trinajstić information content (AvgIpc) is 3.23. The van der Waals surface area contributed by atoms with Crippen LogP contribution in [0.3, 0.4) is 0 Å². The van der Waals surface area contributed by atoms with Crippen LogP contribution >= 0.6 is 11.3 Å². The van der Waals surface area contributed by atoms with Gasteiger partial charge in [-0.3, -0.25) is 9.48 Å². The highest BCUT2D eigenvalue weighted by Gasteiger charge is 2.21. The van der Waals surface area contributed by atoms with E-state index in [9.17, 15) is 9.59 Å². The van der Waals surface area contributed by atoms with Gasteiger partial charge in [0.2, 0.25) is 0 Å². The van der Waals surface area contributed by atoms with Crippen molar-refractivity contribution < 1.29 is 14.3 Å². The van der Waals surface area contributed by atoms with Gasteiger partial charge in [0.05, 0.1) is 12.2 Å². The second kappa shape index (κ2) is 8.37. The van der Waals surface area contributed by atoms with Crippen molar-refractivity contribution in [3.05, 3.63) is 52.0 Å². The molecule has 0 spiro atoms. The molecule has 2 aromatic heterocycles. The summed E-state index contributed by atoms with van der Waals surface area (Å²) in [5, 5.41) is 8.40. The molecule has 0 aliphatic heterocycles. The van der Waals surface area contributed by atoms with Gasteiger partial charge in [-0.15, -0.1) is 11.3 Å². The number of rotatable bonds is 7. The number of esters is 1. The molecular formula is C22H27N3O3S. The number of hydrogen-bond donors (Lipinski definition) is 1. The van der Waals surface area contributed by atoms with E-state index in [1.807, 2.05) is 32.4 Å². The Balaban J connectivity index is 1.71. The molecule has 29 heavy (non-hydrogen) atoms. The first-order valence-electron chi connectivity index (χ1n) is 9.69. The fraction of sp³-hybridized carbons (Fsp3) is 0.409. The van der Waals surface area contributed by atoms with Crippen LogP contribution in [0.15, 0.2) is 30.3 Å². The zero-order chi connectivity index (χ0) is 21.2. The Kier molecular flexibility index (Phi) is 6.07. The van der Waals surface area contributed by atoms with Crippen LogP contribution in [0.1, 0.15) is 53.7 Å².